The van der Waals surface area contributed by atoms with Gasteiger partial charge >= 0.3 is 5.97 Å². The lowest BCUT2D eigenvalue weighted by molar-refractivity contribution is -0.159. The highest BCUT2D eigenvalue weighted by molar-refractivity contribution is 6.30. The van der Waals surface area contributed by atoms with Crippen LogP contribution < -0.4 is 0 Å². The molecule has 2 rings (SSSR count). The molecule has 1 unspecified atom stereocenters. The second kappa shape index (κ2) is 8.49. The van der Waals surface area contributed by atoms with Crippen LogP contribution >= 0.6 is 11.6 Å². The summed E-state index contributed by atoms with van der Waals surface area (Å²) in [5.74, 6) is -0.867. The third-order valence-electron chi connectivity index (χ3n) is 4.57. The minimum absolute atomic E-state index is 0.0189. The van der Waals surface area contributed by atoms with Crippen molar-refractivity contribution >= 4 is 23.5 Å². The number of piperidine rings is 1. The number of ether oxygens (including phenoxy) is 1. The Morgan fingerprint density at radius 3 is 2.67 bits per heavy atom. The topological polar surface area (TPSA) is 66.8 Å². The van der Waals surface area contributed by atoms with Crippen LogP contribution in [0.15, 0.2) is 24.3 Å². The molecule has 1 aliphatic rings. The van der Waals surface area contributed by atoms with Gasteiger partial charge in [0.15, 0.2) is 0 Å². The monoisotopic (exact) mass is 353 g/mol. The largest absolute Gasteiger partial charge is 0.481 e. The van der Waals surface area contributed by atoms with Gasteiger partial charge in [-0.05, 0) is 43.4 Å². The molecule has 1 N–H and O–H groups in total. The zero-order valence-corrected chi connectivity index (χ0v) is 14.7. The summed E-state index contributed by atoms with van der Waals surface area (Å²) in [6, 6.07) is 7.61. The number of hydrogen-bond donors (Lipinski definition) is 1. The number of carbonyl (C=O) groups excluding carboxylic acids is 1. The van der Waals surface area contributed by atoms with E-state index in [4.69, 9.17) is 16.3 Å². The molecule has 1 aliphatic heterocycles. The van der Waals surface area contributed by atoms with Crippen molar-refractivity contribution in [3.8, 4) is 0 Å². The van der Waals surface area contributed by atoms with Crippen molar-refractivity contribution in [1.82, 2.24) is 4.90 Å². The number of carbonyl (C=O) groups is 2. The molecule has 1 fully saturated rings. The van der Waals surface area contributed by atoms with E-state index in [0.29, 0.717) is 30.8 Å². The molecule has 1 aromatic carbocycles. The number of hydrogen-bond acceptors (Lipinski definition) is 3. The normalized spacial score (nSPS) is 20.8. The Morgan fingerprint density at radius 2 is 2.04 bits per heavy atom. The highest BCUT2D eigenvalue weighted by atomic mass is 35.5. The summed E-state index contributed by atoms with van der Waals surface area (Å²) in [6.07, 6.45) is 3.20. The number of aryl methyl sites for hydroxylation is 1. The zero-order valence-electron chi connectivity index (χ0n) is 14.0. The maximum atomic E-state index is 12.4. The third kappa shape index (κ3) is 4.71. The summed E-state index contributed by atoms with van der Waals surface area (Å²) in [6.45, 7) is 0.991. The minimum Gasteiger partial charge on any atom is -0.481 e. The van der Waals surface area contributed by atoms with Gasteiger partial charge in [-0.3, -0.25) is 9.59 Å². The molecule has 0 aliphatic carbocycles. The van der Waals surface area contributed by atoms with E-state index >= 15 is 0 Å². The van der Waals surface area contributed by atoms with Crippen LogP contribution in [0.5, 0.6) is 0 Å². The predicted molar refractivity (Wildman–Crippen MR) is 92.1 cm³/mol. The van der Waals surface area contributed by atoms with Crippen LogP contribution in [0.2, 0.25) is 5.02 Å². The highest BCUT2D eigenvalue weighted by Gasteiger charge is 2.43. The van der Waals surface area contributed by atoms with E-state index < -0.39 is 11.4 Å². The van der Waals surface area contributed by atoms with Gasteiger partial charge in [-0.2, -0.15) is 0 Å². The third-order valence-corrected chi connectivity index (χ3v) is 4.83. The van der Waals surface area contributed by atoms with Gasteiger partial charge in [0.1, 0.15) is 5.41 Å². The summed E-state index contributed by atoms with van der Waals surface area (Å²) in [7, 11) is 1.50. The van der Waals surface area contributed by atoms with Crippen LogP contribution in [0.1, 0.15) is 31.2 Å². The molecule has 0 spiro atoms. The Bertz CT molecular complexity index is 571. The van der Waals surface area contributed by atoms with Gasteiger partial charge in [-0.1, -0.05) is 23.7 Å². The fraction of sp³-hybridized carbons (Fsp3) is 0.556. The maximum Gasteiger partial charge on any atom is 0.313 e. The van der Waals surface area contributed by atoms with Gasteiger partial charge in [0.2, 0.25) is 5.91 Å². The van der Waals surface area contributed by atoms with Crippen molar-refractivity contribution in [2.45, 2.75) is 32.1 Å². The lowest BCUT2D eigenvalue weighted by Gasteiger charge is -2.39. The first-order valence-corrected chi connectivity index (χ1v) is 8.59. The average molecular weight is 354 g/mol. The van der Waals surface area contributed by atoms with Gasteiger partial charge in [0.05, 0.1) is 6.61 Å². The van der Waals surface area contributed by atoms with Crippen molar-refractivity contribution in [3.63, 3.8) is 0 Å². The second-order valence-corrected chi connectivity index (χ2v) is 6.85. The van der Waals surface area contributed by atoms with E-state index in [0.717, 1.165) is 18.4 Å². The number of rotatable bonds is 7. The van der Waals surface area contributed by atoms with Crippen molar-refractivity contribution < 1.29 is 19.4 Å². The number of likely N-dealkylation sites (tertiary alicyclic amines) is 1. The van der Waals surface area contributed by atoms with Crippen LogP contribution in [-0.2, 0) is 20.7 Å². The van der Waals surface area contributed by atoms with Crippen LogP contribution in [-0.4, -0.2) is 48.7 Å². The van der Waals surface area contributed by atoms with E-state index in [9.17, 15) is 14.7 Å². The van der Waals surface area contributed by atoms with Crippen molar-refractivity contribution in [2.24, 2.45) is 5.41 Å². The SMILES string of the molecule is COCC1(C(=O)O)CCCN(C(=O)CCCc2ccc(Cl)cc2)C1. The molecule has 0 aromatic heterocycles. The van der Waals surface area contributed by atoms with Crippen molar-refractivity contribution in [3.05, 3.63) is 34.9 Å². The molecular weight excluding hydrogens is 330 g/mol. The lowest BCUT2D eigenvalue weighted by atomic mass is 9.80. The molecule has 1 saturated heterocycles. The molecule has 24 heavy (non-hydrogen) atoms. The van der Waals surface area contributed by atoms with Gasteiger partial charge < -0.3 is 14.7 Å². The van der Waals surface area contributed by atoms with E-state index in [1.807, 2.05) is 24.3 Å². The molecule has 1 aromatic rings. The fourth-order valence-electron chi connectivity index (χ4n) is 3.23. The van der Waals surface area contributed by atoms with E-state index in [1.165, 1.54) is 7.11 Å². The quantitative estimate of drug-likeness (QED) is 0.818. The number of methoxy groups -OCH3 is 1. The van der Waals surface area contributed by atoms with Crippen LogP contribution in [0.4, 0.5) is 0 Å². The van der Waals surface area contributed by atoms with Crippen LogP contribution in [0, 0.1) is 5.41 Å². The van der Waals surface area contributed by atoms with Crippen molar-refractivity contribution in [1.29, 1.82) is 0 Å². The lowest BCUT2D eigenvalue weighted by Crippen LogP contribution is -2.52. The van der Waals surface area contributed by atoms with E-state index in [1.54, 1.807) is 4.90 Å². The standard InChI is InChI=1S/C18H24ClNO4/c1-24-13-18(17(22)23)10-3-11-20(12-18)16(21)5-2-4-14-6-8-15(19)9-7-14/h6-9H,2-5,10-13H2,1H3,(H,22,23). The maximum absolute atomic E-state index is 12.4. The molecular formula is C18H24ClNO4. The summed E-state index contributed by atoms with van der Waals surface area (Å²) >= 11 is 5.86. The Morgan fingerprint density at radius 1 is 1.33 bits per heavy atom. The van der Waals surface area contributed by atoms with Crippen LogP contribution in [0.25, 0.3) is 0 Å². The molecule has 6 heteroatoms. The zero-order chi connectivity index (χ0) is 17.6. The van der Waals surface area contributed by atoms with Crippen LogP contribution in [0.3, 0.4) is 0 Å². The number of benzene rings is 1. The van der Waals surface area contributed by atoms with Gasteiger partial charge in [0.25, 0.3) is 0 Å². The first-order chi connectivity index (χ1) is 11.5. The smallest absolute Gasteiger partial charge is 0.313 e. The summed E-state index contributed by atoms with van der Waals surface area (Å²) in [4.78, 5) is 25.7. The fourth-order valence-corrected chi connectivity index (χ4v) is 3.35. The first kappa shape index (κ1) is 18.7. The highest BCUT2D eigenvalue weighted by Crippen LogP contribution is 2.31. The number of carboxylic acids is 1. The predicted octanol–water partition coefficient (Wildman–Crippen LogP) is 3.00. The molecule has 132 valence electrons. The van der Waals surface area contributed by atoms with E-state index in [2.05, 4.69) is 0 Å². The van der Waals surface area contributed by atoms with E-state index in [-0.39, 0.29) is 19.1 Å². The molecule has 1 atom stereocenters. The number of halogens is 1. The number of amides is 1. The minimum atomic E-state index is -0.973. The summed E-state index contributed by atoms with van der Waals surface area (Å²) in [5, 5.41) is 10.2. The summed E-state index contributed by atoms with van der Waals surface area (Å²) in [5.41, 5.74) is 0.170. The Kier molecular flexibility index (Phi) is 6.63. The van der Waals surface area contributed by atoms with Gasteiger partial charge in [-0.15, -0.1) is 0 Å². The molecule has 5 nitrogen and oxygen atoms in total. The Hall–Kier alpha value is -1.59. The molecule has 0 saturated carbocycles. The first-order valence-electron chi connectivity index (χ1n) is 8.21. The van der Waals surface area contributed by atoms with Gasteiger partial charge in [-0.25, -0.2) is 0 Å². The van der Waals surface area contributed by atoms with Gasteiger partial charge in [0, 0.05) is 31.6 Å². The Labute approximate surface area is 147 Å². The Balaban J connectivity index is 1.87. The summed E-state index contributed by atoms with van der Waals surface area (Å²) < 4.78 is 5.09. The van der Waals surface area contributed by atoms with Crippen molar-refractivity contribution in [2.75, 3.05) is 26.8 Å². The average Bonchev–Trinajstić information content (AvgIpc) is 2.57. The number of nitrogens with zero attached hydrogens (tertiary/aromatic N) is 1. The molecule has 1 amide bonds. The second-order valence-electron chi connectivity index (χ2n) is 6.42. The molecule has 0 bridgehead atoms. The number of aliphatic carboxylic acids is 1. The molecule has 0 radical (unpaired) electrons. The molecule has 1 heterocycles. The number of carboxylic acid groups (broad SMARTS) is 1.